The zero-order valence-electron chi connectivity index (χ0n) is 10.5. The van der Waals surface area contributed by atoms with E-state index in [0.29, 0.717) is 25.9 Å². The van der Waals surface area contributed by atoms with E-state index in [0.717, 1.165) is 5.56 Å². The Hall–Kier alpha value is -1.84. The van der Waals surface area contributed by atoms with Gasteiger partial charge in [0.15, 0.2) is 0 Å². The van der Waals surface area contributed by atoms with Gasteiger partial charge in [0, 0.05) is 19.5 Å². The van der Waals surface area contributed by atoms with Crippen LogP contribution < -0.4 is 0 Å². The lowest BCUT2D eigenvalue weighted by Crippen LogP contribution is -2.42. The zero-order valence-corrected chi connectivity index (χ0v) is 10.5. The number of ether oxygens (including phenoxy) is 1. The molecule has 2 rings (SSSR count). The molecule has 1 heterocycles. The van der Waals surface area contributed by atoms with E-state index < -0.39 is 0 Å². The van der Waals surface area contributed by atoms with Gasteiger partial charge in [-0.15, -0.1) is 0 Å². The maximum Gasteiger partial charge on any atom is 0.310 e. The third-order valence-electron chi connectivity index (χ3n) is 3.25. The fourth-order valence-corrected chi connectivity index (χ4v) is 2.23. The second-order valence-electron chi connectivity index (χ2n) is 4.52. The molecule has 1 amide bonds. The summed E-state index contributed by atoms with van der Waals surface area (Å²) in [4.78, 5) is 25.1. The number of methoxy groups -OCH3 is 1. The van der Waals surface area contributed by atoms with E-state index in [9.17, 15) is 9.59 Å². The molecule has 0 spiro atoms. The molecule has 4 heteroatoms. The fraction of sp³-hybridized carbons (Fsp3) is 0.429. The molecule has 1 aliphatic rings. The van der Waals surface area contributed by atoms with Crippen molar-refractivity contribution in [2.45, 2.75) is 19.4 Å². The van der Waals surface area contributed by atoms with Crippen LogP contribution in [0.5, 0.6) is 0 Å². The van der Waals surface area contributed by atoms with Crippen molar-refractivity contribution in [3.63, 3.8) is 0 Å². The SMILES string of the molecule is COC(=O)[C@H]1CCC(=O)N(Cc2ccccc2)C1. The van der Waals surface area contributed by atoms with Crippen LogP contribution in [0.2, 0.25) is 0 Å². The molecule has 1 atom stereocenters. The van der Waals surface area contributed by atoms with Crippen LogP contribution in [0, 0.1) is 5.92 Å². The van der Waals surface area contributed by atoms with Crippen molar-refractivity contribution in [2.75, 3.05) is 13.7 Å². The van der Waals surface area contributed by atoms with Gasteiger partial charge in [0.2, 0.25) is 5.91 Å². The second-order valence-corrected chi connectivity index (χ2v) is 4.52. The molecule has 1 aromatic carbocycles. The molecule has 1 aromatic rings. The quantitative estimate of drug-likeness (QED) is 0.762. The summed E-state index contributed by atoms with van der Waals surface area (Å²) in [5.74, 6) is -0.295. The van der Waals surface area contributed by atoms with Crippen LogP contribution in [0.15, 0.2) is 30.3 Å². The maximum atomic E-state index is 11.8. The van der Waals surface area contributed by atoms with Gasteiger partial charge in [-0.25, -0.2) is 0 Å². The molecule has 18 heavy (non-hydrogen) atoms. The minimum absolute atomic E-state index is 0.110. The van der Waals surface area contributed by atoms with E-state index in [4.69, 9.17) is 4.74 Å². The van der Waals surface area contributed by atoms with Crippen molar-refractivity contribution >= 4 is 11.9 Å². The van der Waals surface area contributed by atoms with Crippen LogP contribution in [0.25, 0.3) is 0 Å². The average molecular weight is 247 g/mol. The number of hydrogen-bond acceptors (Lipinski definition) is 3. The van der Waals surface area contributed by atoms with E-state index in [2.05, 4.69) is 0 Å². The molecule has 0 unspecified atom stereocenters. The highest BCUT2D eigenvalue weighted by atomic mass is 16.5. The van der Waals surface area contributed by atoms with Crippen LogP contribution in [0.3, 0.4) is 0 Å². The summed E-state index contributed by atoms with van der Waals surface area (Å²) in [6.07, 6.45) is 1.02. The first-order valence-corrected chi connectivity index (χ1v) is 6.10. The second kappa shape index (κ2) is 5.67. The number of benzene rings is 1. The molecule has 0 radical (unpaired) electrons. The van der Waals surface area contributed by atoms with Gasteiger partial charge >= 0.3 is 5.97 Å². The van der Waals surface area contributed by atoms with Gasteiger partial charge in [-0.1, -0.05) is 30.3 Å². The highest BCUT2D eigenvalue weighted by molar-refractivity contribution is 5.81. The highest BCUT2D eigenvalue weighted by Crippen LogP contribution is 2.20. The highest BCUT2D eigenvalue weighted by Gasteiger charge is 2.30. The van der Waals surface area contributed by atoms with Gasteiger partial charge in [0.1, 0.15) is 0 Å². The molecule has 96 valence electrons. The number of rotatable bonds is 3. The molecule has 1 fully saturated rings. The van der Waals surface area contributed by atoms with E-state index in [1.54, 1.807) is 4.90 Å². The van der Waals surface area contributed by atoms with Crippen molar-refractivity contribution in [3.05, 3.63) is 35.9 Å². The summed E-state index contributed by atoms with van der Waals surface area (Å²) in [5, 5.41) is 0. The topological polar surface area (TPSA) is 46.6 Å². The Kier molecular flexibility index (Phi) is 3.97. The lowest BCUT2D eigenvalue weighted by molar-refractivity contribution is -0.150. The first-order chi connectivity index (χ1) is 8.70. The fourth-order valence-electron chi connectivity index (χ4n) is 2.23. The van der Waals surface area contributed by atoms with Crippen molar-refractivity contribution < 1.29 is 14.3 Å². The molecular weight excluding hydrogens is 230 g/mol. The normalized spacial score (nSPS) is 19.7. The van der Waals surface area contributed by atoms with Gasteiger partial charge < -0.3 is 9.64 Å². The Morgan fingerprint density at radius 3 is 2.78 bits per heavy atom. The number of amides is 1. The molecular formula is C14H17NO3. The third-order valence-corrected chi connectivity index (χ3v) is 3.25. The van der Waals surface area contributed by atoms with Crippen LogP contribution in [0.1, 0.15) is 18.4 Å². The van der Waals surface area contributed by atoms with Crippen molar-refractivity contribution in [1.29, 1.82) is 0 Å². The Labute approximate surface area is 107 Å². The van der Waals surface area contributed by atoms with E-state index in [-0.39, 0.29) is 17.8 Å². The summed E-state index contributed by atoms with van der Waals surface area (Å²) in [7, 11) is 1.39. The van der Waals surface area contributed by atoms with Gasteiger partial charge in [0.25, 0.3) is 0 Å². The van der Waals surface area contributed by atoms with Crippen molar-refractivity contribution in [3.8, 4) is 0 Å². The number of nitrogens with zero attached hydrogens (tertiary/aromatic N) is 1. The summed E-state index contributed by atoms with van der Waals surface area (Å²) >= 11 is 0. The Bertz CT molecular complexity index is 430. The smallest absolute Gasteiger partial charge is 0.310 e. The molecule has 1 aliphatic heterocycles. The van der Waals surface area contributed by atoms with E-state index in [1.165, 1.54) is 7.11 Å². The molecule has 4 nitrogen and oxygen atoms in total. The van der Waals surface area contributed by atoms with Crippen LogP contribution in [0.4, 0.5) is 0 Å². The molecule has 1 saturated heterocycles. The van der Waals surface area contributed by atoms with Crippen molar-refractivity contribution in [1.82, 2.24) is 4.90 Å². The molecule has 0 aliphatic carbocycles. The van der Waals surface area contributed by atoms with Crippen LogP contribution >= 0.6 is 0 Å². The first kappa shape index (κ1) is 12.6. The van der Waals surface area contributed by atoms with Crippen LogP contribution in [-0.4, -0.2) is 30.4 Å². The minimum Gasteiger partial charge on any atom is -0.469 e. The lowest BCUT2D eigenvalue weighted by Gasteiger charge is -2.31. The molecule has 0 bridgehead atoms. The summed E-state index contributed by atoms with van der Waals surface area (Å²) in [6, 6.07) is 9.80. The Morgan fingerprint density at radius 2 is 2.11 bits per heavy atom. The maximum absolute atomic E-state index is 11.8. The first-order valence-electron chi connectivity index (χ1n) is 6.10. The minimum atomic E-state index is -0.222. The summed E-state index contributed by atoms with van der Waals surface area (Å²) < 4.78 is 4.75. The van der Waals surface area contributed by atoms with Crippen LogP contribution in [-0.2, 0) is 20.9 Å². The molecule has 0 aromatic heterocycles. The lowest BCUT2D eigenvalue weighted by atomic mass is 9.97. The van der Waals surface area contributed by atoms with Crippen molar-refractivity contribution in [2.24, 2.45) is 5.92 Å². The number of likely N-dealkylation sites (tertiary alicyclic amines) is 1. The predicted octanol–water partition coefficient (Wildman–Crippen LogP) is 1.60. The van der Waals surface area contributed by atoms with Gasteiger partial charge in [-0.3, -0.25) is 9.59 Å². The zero-order chi connectivity index (χ0) is 13.0. The van der Waals surface area contributed by atoms with Gasteiger partial charge in [0.05, 0.1) is 13.0 Å². The number of esters is 1. The average Bonchev–Trinajstić information content (AvgIpc) is 2.41. The summed E-state index contributed by atoms with van der Waals surface area (Å²) in [5.41, 5.74) is 1.08. The molecule has 0 N–H and O–H groups in total. The number of carbonyl (C=O) groups is 2. The monoisotopic (exact) mass is 247 g/mol. The van der Waals surface area contributed by atoms with Gasteiger partial charge in [-0.05, 0) is 12.0 Å². The summed E-state index contributed by atoms with van der Waals surface area (Å²) in [6.45, 7) is 1.02. The number of piperidine rings is 1. The van der Waals surface area contributed by atoms with E-state index in [1.807, 2.05) is 30.3 Å². The largest absolute Gasteiger partial charge is 0.469 e. The standard InChI is InChI=1S/C14H17NO3/c1-18-14(17)12-7-8-13(16)15(10-12)9-11-5-3-2-4-6-11/h2-6,12H,7-10H2,1H3/t12-/m0/s1. The van der Waals surface area contributed by atoms with E-state index >= 15 is 0 Å². The third kappa shape index (κ3) is 2.88. The number of hydrogen-bond donors (Lipinski definition) is 0. The molecule has 0 saturated carbocycles. The predicted molar refractivity (Wildman–Crippen MR) is 66.6 cm³/mol. The van der Waals surface area contributed by atoms with Gasteiger partial charge in [-0.2, -0.15) is 0 Å². The Balaban J connectivity index is 2.02. The number of carbonyl (C=O) groups excluding carboxylic acids is 2. The Morgan fingerprint density at radius 1 is 1.39 bits per heavy atom.